The highest BCUT2D eigenvalue weighted by molar-refractivity contribution is 6.27. The van der Waals surface area contributed by atoms with Crippen molar-refractivity contribution in [2.75, 3.05) is 13.2 Å². The number of imidazole rings is 2. The van der Waals surface area contributed by atoms with E-state index >= 15 is 0 Å². The first-order valence-corrected chi connectivity index (χ1v) is 12.6. The molecule has 0 atom stereocenters. The summed E-state index contributed by atoms with van der Waals surface area (Å²) in [7, 11) is 0. The highest BCUT2D eigenvalue weighted by Crippen LogP contribution is 2.37. The first kappa shape index (κ1) is 21.1. The molecule has 0 aliphatic carbocycles. The van der Waals surface area contributed by atoms with Crippen molar-refractivity contribution in [2.45, 2.75) is 13.8 Å². The van der Waals surface area contributed by atoms with Gasteiger partial charge in [0, 0.05) is 44.5 Å². The number of pyridine rings is 2. The van der Waals surface area contributed by atoms with Crippen molar-refractivity contribution < 1.29 is 9.47 Å². The Kier molecular flexibility index (Phi) is 4.05. The molecule has 8 nitrogen and oxygen atoms in total. The molecular weight excluding hydrogens is 480 g/mol. The van der Waals surface area contributed by atoms with E-state index in [9.17, 15) is 9.59 Å². The highest BCUT2D eigenvalue weighted by Gasteiger charge is 2.22. The predicted molar refractivity (Wildman–Crippen MR) is 149 cm³/mol. The fourth-order valence-electron chi connectivity index (χ4n) is 5.86. The lowest BCUT2D eigenvalue weighted by atomic mass is 9.96. The largest absolute Gasteiger partial charge is 0.494 e. The molecule has 0 amide bonds. The average molecular weight is 501 g/mol. The topological polar surface area (TPSA) is 87.2 Å². The normalized spacial score (nSPS) is 12.4. The van der Waals surface area contributed by atoms with Gasteiger partial charge in [-0.3, -0.25) is 18.4 Å². The lowest BCUT2D eigenvalue weighted by Crippen LogP contribution is -2.16. The number of rotatable bonds is 4. The molecule has 4 heterocycles. The Morgan fingerprint density at radius 2 is 1.03 bits per heavy atom. The van der Waals surface area contributed by atoms with Gasteiger partial charge in [0.25, 0.3) is 11.1 Å². The van der Waals surface area contributed by atoms with Crippen LogP contribution < -0.4 is 20.6 Å². The third kappa shape index (κ3) is 2.53. The van der Waals surface area contributed by atoms with Gasteiger partial charge in [-0.2, -0.15) is 0 Å². The van der Waals surface area contributed by atoms with E-state index in [2.05, 4.69) is 0 Å². The summed E-state index contributed by atoms with van der Waals surface area (Å²) in [5.74, 6) is 1.37. The van der Waals surface area contributed by atoms with Gasteiger partial charge in [-0.05, 0) is 62.4 Å². The van der Waals surface area contributed by atoms with Crippen LogP contribution in [0.5, 0.6) is 11.5 Å². The van der Waals surface area contributed by atoms with Gasteiger partial charge >= 0.3 is 0 Å². The fourth-order valence-corrected chi connectivity index (χ4v) is 5.86. The van der Waals surface area contributed by atoms with Crippen molar-refractivity contribution in [1.29, 1.82) is 0 Å². The Bertz CT molecular complexity index is 2200. The molecule has 0 radical (unpaired) electrons. The number of hydrogen-bond donors (Lipinski definition) is 0. The SMILES string of the molecule is CCOc1ccc2nc3c4ccc5c(=O)n6c7cc(OCC)ccc7nc6c6ccc(c(=O)n3c2c1)c4c56. The lowest BCUT2D eigenvalue weighted by Gasteiger charge is -2.12. The van der Waals surface area contributed by atoms with Crippen LogP contribution in [-0.2, 0) is 0 Å². The first-order chi connectivity index (χ1) is 18.6. The van der Waals surface area contributed by atoms with Gasteiger partial charge in [0.05, 0.1) is 35.3 Å². The number of hydrogen-bond acceptors (Lipinski definition) is 6. The molecule has 8 aromatic rings. The fraction of sp³-hybridized carbons (Fsp3) is 0.133. The maximum absolute atomic E-state index is 13.9. The number of benzene rings is 4. The molecule has 0 bridgehead atoms. The average Bonchev–Trinajstić information content (AvgIpc) is 3.50. The lowest BCUT2D eigenvalue weighted by molar-refractivity contribution is 0.340. The minimum atomic E-state index is -0.180. The van der Waals surface area contributed by atoms with Gasteiger partial charge in [0.1, 0.15) is 22.8 Å². The Balaban J connectivity index is 1.56. The van der Waals surface area contributed by atoms with Crippen LogP contribution in [0.15, 0.2) is 70.3 Å². The van der Waals surface area contributed by atoms with E-state index < -0.39 is 0 Å². The van der Waals surface area contributed by atoms with Crippen LogP contribution in [0.3, 0.4) is 0 Å². The molecule has 8 rings (SSSR count). The van der Waals surface area contributed by atoms with Gasteiger partial charge in [0.15, 0.2) is 0 Å². The van der Waals surface area contributed by atoms with Crippen molar-refractivity contribution in [3.05, 3.63) is 81.4 Å². The predicted octanol–water partition coefficient (Wildman–Crippen LogP) is 5.14. The van der Waals surface area contributed by atoms with Crippen LogP contribution in [0.25, 0.3) is 65.7 Å². The molecule has 0 saturated carbocycles. The van der Waals surface area contributed by atoms with Crippen LogP contribution in [0.2, 0.25) is 0 Å². The van der Waals surface area contributed by atoms with Gasteiger partial charge < -0.3 is 9.47 Å². The van der Waals surface area contributed by atoms with Gasteiger partial charge in [-0.25, -0.2) is 9.97 Å². The number of nitrogens with zero attached hydrogens (tertiary/aromatic N) is 4. The summed E-state index contributed by atoms with van der Waals surface area (Å²) in [6.45, 7) is 4.90. The molecule has 0 saturated heterocycles. The Labute approximate surface area is 214 Å². The van der Waals surface area contributed by atoms with Gasteiger partial charge in [-0.15, -0.1) is 0 Å². The Morgan fingerprint density at radius 1 is 0.605 bits per heavy atom. The summed E-state index contributed by atoms with van der Waals surface area (Å²) >= 11 is 0. The molecular formula is C30H20N4O4. The van der Waals surface area contributed by atoms with Gasteiger partial charge in [0.2, 0.25) is 0 Å². The van der Waals surface area contributed by atoms with Crippen LogP contribution >= 0.6 is 0 Å². The summed E-state index contributed by atoms with van der Waals surface area (Å²) in [6, 6.07) is 18.6. The molecule has 0 unspecified atom stereocenters. The van der Waals surface area contributed by atoms with Crippen LogP contribution in [0.4, 0.5) is 0 Å². The molecule has 4 aromatic carbocycles. The highest BCUT2D eigenvalue weighted by atomic mass is 16.5. The zero-order valence-corrected chi connectivity index (χ0v) is 20.6. The third-order valence-electron chi connectivity index (χ3n) is 7.38. The molecule has 0 N–H and O–H groups in total. The molecule has 8 heteroatoms. The number of fused-ring (bicyclic) bond motifs is 8. The second-order valence-corrected chi connectivity index (χ2v) is 9.39. The number of ether oxygens (including phenoxy) is 2. The second-order valence-electron chi connectivity index (χ2n) is 9.39. The minimum absolute atomic E-state index is 0.180. The van der Waals surface area contributed by atoms with Crippen molar-refractivity contribution in [3.63, 3.8) is 0 Å². The van der Waals surface area contributed by atoms with E-state index in [0.29, 0.717) is 68.8 Å². The minimum Gasteiger partial charge on any atom is -0.494 e. The molecule has 0 spiro atoms. The molecule has 38 heavy (non-hydrogen) atoms. The molecule has 184 valence electrons. The van der Waals surface area contributed by atoms with E-state index in [1.165, 1.54) is 0 Å². The molecule has 4 aromatic heterocycles. The Hall–Kier alpha value is -4.98. The first-order valence-electron chi connectivity index (χ1n) is 12.6. The number of aromatic nitrogens is 4. The van der Waals surface area contributed by atoms with E-state index in [1.807, 2.05) is 74.5 Å². The Morgan fingerprint density at radius 3 is 1.45 bits per heavy atom. The smallest absolute Gasteiger partial charge is 0.264 e. The van der Waals surface area contributed by atoms with E-state index in [4.69, 9.17) is 19.4 Å². The summed E-state index contributed by atoms with van der Waals surface area (Å²) in [5.41, 5.74) is 3.55. The van der Waals surface area contributed by atoms with Crippen LogP contribution in [-0.4, -0.2) is 32.0 Å². The third-order valence-corrected chi connectivity index (χ3v) is 7.38. The molecule has 0 fully saturated rings. The standard InChI is InChI=1S/C30H20N4O4/c1-3-37-15-5-11-21-23(13-15)33-27(31-21)17-7-10-20-26-18(8-9-19(25(17)26)29(33)35)28-32-22-12-6-16(38-4-2)14-24(22)34(28)30(20)36/h5-14H,3-4H2,1-2H3. The zero-order chi connectivity index (χ0) is 25.7. The van der Waals surface area contributed by atoms with E-state index in [0.717, 1.165) is 21.5 Å². The van der Waals surface area contributed by atoms with E-state index in [1.54, 1.807) is 8.80 Å². The summed E-state index contributed by atoms with van der Waals surface area (Å²) < 4.78 is 14.6. The summed E-state index contributed by atoms with van der Waals surface area (Å²) in [5, 5.41) is 4.16. The monoisotopic (exact) mass is 500 g/mol. The summed E-state index contributed by atoms with van der Waals surface area (Å²) in [4.78, 5) is 37.4. The van der Waals surface area contributed by atoms with Crippen molar-refractivity contribution in [3.8, 4) is 11.5 Å². The zero-order valence-electron chi connectivity index (χ0n) is 20.6. The maximum atomic E-state index is 13.9. The van der Waals surface area contributed by atoms with Gasteiger partial charge in [-0.1, -0.05) is 0 Å². The van der Waals surface area contributed by atoms with Crippen LogP contribution in [0.1, 0.15) is 13.8 Å². The van der Waals surface area contributed by atoms with Crippen molar-refractivity contribution in [1.82, 2.24) is 18.8 Å². The second kappa shape index (κ2) is 7.29. The maximum Gasteiger partial charge on any atom is 0.264 e. The van der Waals surface area contributed by atoms with Crippen molar-refractivity contribution >= 4 is 65.7 Å². The van der Waals surface area contributed by atoms with Crippen LogP contribution in [0, 0.1) is 0 Å². The van der Waals surface area contributed by atoms with Crippen molar-refractivity contribution in [2.24, 2.45) is 0 Å². The quantitative estimate of drug-likeness (QED) is 0.311. The van der Waals surface area contributed by atoms with E-state index in [-0.39, 0.29) is 11.1 Å². The molecule has 0 aliphatic heterocycles. The molecule has 0 aliphatic rings. The summed E-state index contributed by atoms with van der Waals surface area (Å²) in [6.07, 6.45) is 0.